The summed E-state index contributed by atoms with van der Waals surface area (Å²) in [5, 5.41) is 12.9. The molecular formula is C15H24F2N2O. The minimum atomic E-state index is -0.960. The third-order valence-corrected chi connectivity index (χ3v) is 3.41. The fourth-order valence-electron chi connectivity index (χ4n) is 1.83. The second-order valence-electron chi connectivity index (χ2n) is 5.31. The summed E-state index contributed by atoms with van der Waals surface area (Å²) in [6.07, 6.45) is -0.00810. The SMILES string of the molecule is CC(C)N(C)CCCNCC(O)c1ccc(F)cc1F. The Labute approximate surface area is 119 Å². The molecule has 1 atom stereocenters. The zero-order chi connectivity index (χ0) is 15.1. The maximum atomic E-state index is 13.4. The minimum Gasteiger partial charge on any atom is -0.387 e. The van der Waals surface area contributed by atoms with Crippen LogP contribution >= 0.6 is 0 Å². The lowest BCUT2D eigenvalue weighted by Crippen LogP contribution is -2.30. The van der Waals surface area contributed by atoms with E-state index in [0.717, 1.165) is 31.6 Å². The average molecular weight is 286 g/mol. The molecule has 0 bridgehead atoms. The van der Waals surface area contributed by atoms with E-state index < -0.39 is 17.7 Å². The Bertz CT molecular complexity index is 413. The summed E-state index contributed by atoms with van der Waals surface area (Å²) >= 11 is 0. The normalized spacial score (nSPS) is 13.2. The smallest absolute Gasteiger partial charge is 0.131 e. The van der Waals surface area contributed by atoms with Crippen molar-refractivity contribution >= 4 is 0 Å². The monoisotopic (exact) mass is 286 g/mol. The first-order valence-electron chi connectivity index (χ1n) is 6.95. The van der Waals surface area contributed by atoms with Crippen LogP contribution in [0.25, 0.3) is 0 Å². The molecule has 0 aliphatic heterocycles. The highest BCUT2D eigenvalue weighted by Gasteiger charge is 2.13. The van der Waals surface area contributed by atoms with Crippen molar-refractivity contribution in [3.8, 4) is 0 Å². The lowest BCUT2D eigenvalue weighted by Gasteiger charge is -2.21. The van der Waals surface area contributed by atoms with Crippen molar-refractivity contribution < 1.29 is 13.9 Å². The fourth-order valence-corrected chi connectivity index (χ4v) is 1.83. The summed E-state index contributed by atoms with van der Waals surface area (Å²) in [4.78, 5) is 2.23. The van der Waals surface area contributed by atoms with E-state index in [0.29, 0.717) is 6.04 Å². The predicted octanol–water partition coefficient (Wildman–Crippen LogP) is 2.32. The Balaban J connectivity index is 2.28. The second kappa shape index (κ2) is 8.29. The van der Waals surface area contributed by atoms with Crippen LogP contribution in [0.4, 0.5) is 8.78 Å². The van der Waals surface area contributed by atoms with Crippen molar-refractivity contribution in [1.82, 2.24) is 10.2 Å². The second-order valence-corrected chi connectivity index (χ2v) is 5.31. The number of halogens is 2. The summed E-state index contributed by atoms with van der Waals surface area (Å²) in [7, 11) is 2.06. The molecule has 2 N–H and O–H groups in total. The van der Waals surface area contributed by atoms with Crippen LogP contribution in [-0.2, 0) is 0 Å². The van der Waals surface area contributed by atoms with Gasteiger partial charge in [0.25, 0.3) is 0 Å². The largest absolute Gasteiger partial charge is 0.387 e. The van der Waals surface area contributed by atoms with Gasteiger partial charge in [0.05, 0.1) is 6.10 Å². The summed E-state index contributed by atoms with van der Waals surface area (Å²) in [6.45, 7) is 6.24. The Hall–Kier alpha value is -1.04. The van der Waals surface area contributed by atoms with Crippen LogP contribution in [0.3, 0.4) is 0 Å². The molecule has 1 rings (SSSR count). The van der Waals surface area contributed by atoms with Gasteiger partial charge in [-0.05, 0) is 46.5 Å². The maximum absolute atomic E-state index is 13.4. The summed E-state index contributed by atoms with van der Waals surface area (Å²) in [6, 6.07) is 3.73. The van der Waals surface area contributed by atoms with Crippen LogP contribution in [0.2, 0.25) is 0 Å². The van der Waals surface area contributed by atoms with Crippen LogP contribution in [0.15, 0.2) is 18.2 Å². The molecule has 20 heavy (non-hydrogen) atoms. The van der Waals surface area contributed by atoms with Crippen molar-refractivity contribution in [2.45, 2.75) is 32.4 Å². The number of hydrogen-bond acceptors (Lipinski definition) is 3. The predicted molar refractivity (Wildman–Crippen MR) is 76.6 cm³/mol. The lowest BCUT2D eigenvalue weighted by atomic mass is 10.1. The molecule has 1 unspecified atom stereocenters. The van der Waals surface area contributed by atoms with Crippen molar-refractivity contribution in [3.63, 3.8) is 0 Å². The van der Waals surface area contributed by atoms with Crippen molar-refractivity contribution in [2.24, 2.45) is 0 Å². The third-order valence-electron chi connectivity index (χ3n) is 3.41. The van der Waals surface area contributed by atoms with Crippen molar-refractivity contribution in [1.29, 1.82) is 0 Å². The van der Waals surface area contributed by atoms with Gasteiger partial charge in [-0.15, -0.1) is 0 Å². The van der Waals surface area contributed by atoms with E-state index in [-0.39, 0.29) is 12.1 Å². The van der Waals surface area contributed by atoms with Gasteiger partial charge in [0.15, 0.2) is 0 Å². The zero-order valence-corrected chi connectivity index (χ0v) is 12.4. The Morgan fingerprint density at radius 3 is 2.60 bits per heavy atom. The molecular weight excluding hydrogens is 262 g/mol. The number of rotatable bonds is 8. The maximum Gasteiger partial charge on any atom is 0.131 e. The van der Waals surface area contributed by atoms with E-state index in [1.54, 1.807) is 0 Å². The Morgan fingerprint density at radius 1 is 1.30 bits per heavy atom. The molecule has 0 fully saturated rings. The molecule has 0 amide bonds. The molecule has 0 aliphatic rings. The van der Waals surface area contributed by atoms with E-state index in [1.807, 2.05) is 0 Å². The number of aliphatic hydroxyl groups is 1. The zero-order valence-electron chi connectivity index (χ0n) is 12.4. The van der Waals surface area contributed by atoms with Gasteiger partial charge >= 0.3 is 0 Å². The van der Waals surface area contributed by atoms with Gasteiger partial charge < -0.3 is 15.3 Å². The number of nitrogens with zero attached hydrogens (tertiary/aromatic N) is 1. The van der Waals surface area contributed by atoms with Crippen LogP contribution in [-0.4, -0.2) is 42.7 Å². The first kappa shape index (κ1) is 17.0. The number of benzene rings is 1. The molecule has 0 spiro atoms. The number of aliphatic hydroxyl groups excluding tert-OH is 1. The Morgan fingerprint density at radius 2 is 2.00 bits per heavy atom. The minimum absolute atomic E-state index is 0.123. The molecule has 0 radical (unpaired) electrons. The standard InChI is InChI=1S/C15H24F2N2O/c1-11(2)19(3)8-4-7-18-10-15(20)13-6-5-12(16)9-14(13)17/h5-6,9,11,15,18,20H,4,7-8,10H2,1-3H3. The van der Waals surface area contributed by atoms with Crippen LogP contribution in [0, 0.1) is 11.6 Å². The van der Waals surface area contributed by atoms with E-state index in [1.165, 1.54) is 6.07 Å². The molecule has 0 aromatic heterocycles. The van der Waals surface area contributed by atoms with Gasteiger partial charge in [-0.1, -0.05) is 6.07 Å². The Kier molecular flexibility index (Phi) is 7.05. The number of hydrogen-bond donors (Lipinski definition) is 2. The molecule has 0 aliphatic carbocycles. The molecule has 1 aromatic carbocycles. The topological polar surface area (TPSA) is 35.5 Å². The highest BCUT2D eigenvalue weighted by atomic mass is 19.1. The summed E-state index contributed by atoms with van der Waals surface area (Å²) in [5.74, 6) is -1.35. The molecule has 0 saturated carbocycles. The first-order valence-corrected chi connectivity index (χ1v) is 6.95. The molecule has 0 saturated heterocycles. The first-order chi connectivity index (χ1) is 9.41. The van der Waals surface area contributed by atoms with E-state index in [9.17, 15) is 13.9 Å². The van der Waals surface area contributed by atoms with E-state index in [2.05, 4.69) is 31.1 Å². The number of nitrogens with one attached hydrogen (secondary N) is 1. The van der Waals surface area contributed by atoms with Crippen LogP contribution < -0.4 is 5.32 Å². The van der Waals surface area contributed by atoms with Gasteiger partial charge in [-0.2, -0.15) is 0 Å². The molecule has 114 valence electrons. The fraction of sp³-hybridized carbons (Fsp3) is 0.600. The van der Waals surface area contributed by atoms with Gasteiger partial charge in [0.1, 0.15) is 11.6 Å². The van der Waals surface area contributed by atoms with Crippen molar-refractivity contribution in [3.05, 3.63) is 35.4 Å². The molecule has 1 aromatic rings. The highest BCUT2D eigenvalue weighted by molar-refractivity contribution is 5.21. The van der Waals surface area contributed by atoms with Crippen LogP contribution in [0.5, 0.6) is 0 Å². The third kappa shape index (κ3) is 5.53. The lowest BCUT2D eigenvalue weighted by molar-refractivity contribution is 0.169. The average Bonchev–Trinajstić information content (AvgIpc) is 2.37. The quantitative estimate of drug-likeness (QED) is 0.720. The molecule has 5 heteroatoms. The van der Waals surface area contributed by atoms with E-state index in [4.69, 9.17) is 0 Å². The van der Waals surface area contributed by atoms with Crippen molar-refractivity contribution in [2.75, 3.05) is 26.7 Å². The van der Waals surface area contributed by atoms with Gasteiger partial charge in [0.2, 0.25) is 0 Å². The molecule has 0 heterocycles. The molecule has 3 nitrogen and oxygen atoms in total. The summed E-state index contributed by atoms with van der Waals surface area (Å²) < 4.78 is 26.2. The van der Waals surface area contributed by atoms with Gasteiger partial charge in [-0.3, -0.25) is 0 Å². The van der Waals surface area contributed by atoms with Gasteiger partial charge in [-0.25, -0.2) is 8.78 Å². The van der Waals surface area contributed by atoms with Gasteiger partial charge in [0, 0.05) is 24.2 Å². The summed E-state index contributed by atoms with van der Waals surface area (Å²) in [5.41, 5.74) is 0.123. The van der Waals surface area contributed by atoms with E-state index >= 15 is 0 Å². The van der Waals surface area contributed by atoms with Crippen LogP contribution in [0.1, 0.15) is 31.9 Å². The highest BCUT2D eigenvalue weighted by Crippen LogP contribution is 2.17.